The number of carbonyl (C=O) groups is 1. The third-order valence-corrected chi connectivity index (χ3v) is 8.54. The average molecular weight is 562 g/mol. The highest BCUT2D eigenvalue weighted by Crippen LogP contribution is 2.31. The number of nitrogens with zero attached hydrogens (tertiary/aromatic N) is 1. The van der Waals surface area contributed by atoms with Gasteiger partial charge in [0.1, 0.15) is 17.5 Å². The normalized spacial score (nSPS) is 12.4. The van der Waals surface area contributed by atoms with E-state index in [9.17, 15) is 21.6 Å². The number of hydrogen-bond acceptors (Lipinski definition) is 7. The maximum Gasteiger partial charge on any atom is 0.262 e. The molecule has 1 atom stereocenters. The molecule has 0 spiro atoms. The number of methoxy groups -OCH3 is 2. The van der Waals surface area contributed by atoms with Crippen molar-refractivity contribution in [3.8, 4) is 11.5 Å². The molecule has 10 nitrogen and oxygen atoms in total. The highest BCUT2D eigenvalue weighted by atomic mass is 32.2. The van der Waals surface area contributed by atoms with Gasteiger partial charge in [-0.05, 0) is 80.4 Å². The second-order valence-corrected chi connectivity index (χ2v) is 12.2. The Morgan fingerprint density at radius 1 is 0.868 bits per heavy atom. The number of rotatable bonds is 10. The van der Waals surface area contributed by atoms with Crippen molar-refractivity contribution in [3.63, 3.8) is 0 Å². The Bertz CT molecular complexity index is 1540. The number of ether oxygens (including phenoxy) is 2. The second-order valence-electron chi connectivity index (χ2n) is 8.69. The molecule has 2 N–H and O–H groups in total. The number of nitrogens with one attached hydrogen (secondary N) is 2. The van der Waals surface area contributed by atoms with Crippen molar-refractivity contribution in [2.24, 2.45) is 0 Å². The van der Waals surface area contributed by atoms with Crippen LogP contribution in [0.3, 0.4) is 0 Å². The summed E-state index contributed by atoms with van der Waals surface area (Å²) in [4.78, 5) is 13.0. The molecule has 0 saturated heterocycles. The summed E-state index contributed by atoms with van der Waals surface area (Å²) in [7, 11) is -4.90. The summed E-state index contributed by atoms with van der Waals surface area (Å²) in [5.41, 5.74) is 2.76. The fraction of sp³-hybridized carbons (Fsp3) is 0.269. The maximum absolute atomic E-state index is 13.0. The van der Waals surface area contributed by atoms with Crippen molar-refractivity contribution in [3.05, 3.63) is 71.8 Å². The average Bonchev–Trinajstić information content (AvgIpc) is 2.85. The van der Waals surface area contributed by atoms with Crippen molar-refractivity contribution >= 4 is 43.0 Å². The van der Waals surface area contributed by atoms with Gasteiger partial charge in [-0.15, -0.1) is 0 Å². The molecule has 0 aliphatic rings. The third-order valence-electron chi connectivity index (χ3n) is 5.92. The van der Waals surface area contributed by atoms with Gasteiger partial charge in [-0.1, -0.05) is 6.07 Å². The quantitative estimate of drug-likeness (QED) is 0.384. The number of sulfonamides is 2. The smallest absolute Gasteiger partial charge is 0.262 e. The molecule has 0 heterocycles. The molecular weight excluding hydrogens is 530 g/mol. The fourth-order valence-corrected chi connectivity index (χ4v) is 5.96. The van der Waals surface area contributed by atoms with Crippen molar-refractivity contribution in [1.29, 1.82) is 0 Å². The van der Waals surface area contributed by atoms with E-state index < -0.39 is 32.0 Å². The number of hydrogen-bond donors (Lipinski definition) is 2. The van der Waals surface area contributed by atoms with Crippen LogP contribution in [0.1, 0.15) is 18.1 Å². The van der Waals surface area contributed by atoms with E-state index in [-0.39, 0.29) is 10.6 Å². The van der Waals surface area contributed by atoms with Crippen LogP contribution in [0.4, 0.5) is 17.1 Å². The molecule has 0 fully saturated rings. The summed E-state index contributed by atoms with van der Waals surface area (Å²) in [6.45, 7) is 5.25. The lowest BCUT2D eigenvalue weighted by Crippen LogP contribution is -2.45. The number of aryl methyl sites for hydroxylation is 2. The van der Waals surface area contributed by atoms with E-state index in [1.54, 1.807) is 30.3 Å². The van der Waals surface area contributed by atoms with Gasteiger partial charge in [0.25, 0.3) is 10.0 Å². The highest BCUT2D eigenvalue weighted by Gasteiger charge is 2.29. The molecule has 3 aromatic rings. The summed E-state index contributed by atoms with van der Waals surface area (Å²) < 4.78 is 64.9. The van der Waals surface area contributed by atoms with Crippen LogP contribution in [-0.2, 0) is 24.8 Å². The van der Waals surface area contributed by atoms with Crippen molar-refractivity contribution < 1.29 is 31.1 Å². The molecule has 1 amide bonds. The summed E-state index contributed by atoms with van der Waals surface area (Å²) >= 11 is 0. The third kappa shape index (κ3) is 6.56. The Balaban J connectivity index is 1.80. The zero-order valence-corrected chi connectivity index (χ0v) is 23.6. The van der Waals surface area contributed by atoms with Gasteiger partial charge in [0.2, 0.25) is 15.9 Å². The minimum atomic E-state index is -3.99. The molecule has 0 aromatic heterocycles. The van der Waals surface area contributed by atoms with Gasteiger partial charge in [-0.3, -0.25) is 13.8 Å². The van der Waals surface area contributed by atoms with Crippen LogP contribution in [0.5, 0.6) is 11.5 Å². The first kappa shape index (κ1) is 28.8. The van der Waals surface area contributed by atoms with Crippen LogP contribution >= 0.6 is 0 Å². The molecule has 204 valence electrons. The zero-order valence-electron chi connectivity index (χ0n) is 22.0. The molecule has 38 heavy (non-hydrogen) atoms. The summed E-state index contributed by atoms with van der Waals surface area (Å²) in [5.74, 6) is 0.176. The Morgan fingerprint density at radius 2 is 1.53 bits per heavy atom. The summed E-state index contributed by atoms with van der Waals surface area (Å²) in [6.07, 6.45) is 1.04. The number of benzene rings is 3. The molecule has 0 saturated carbocycles. The first-order valence-corrected chi connectivity index (χ1v) is 14.8. The molecule has 0 unspecified atom stereocenters. The van der Waals surface area contributed by atoms with Crippen molar-refractivity contribution in [2.45, 2.75) is 31.7 Å². The van der Waals surface area contributed by atoms with Gasteiger partial charge in [0.05, 0.1) is 36.7 Å². The molecule has 12 heteroatoms. The van der Waals surface area contributed by atoms with E-state index in [2.05, 4.69) is 10.0 Å². The minimum Gasteiger partial charge on any atom is -0.497 e. The topological polar surface area (TPSA) is 131 Å². The van der Waals surface area contributed by atoms with Crippen LogP contribution in [0, 0.1) is 13.8 Å². The van der Waals surface area contributed by atoms with Crippen LogP contribution in [-0.4, -0.2) is 49.3 Å². The van der Waals surface area contributed by atoms with Gasteiger partial charge >= 0.3 is 0 Å². The van der Waals surface area contributed by atoms with E-state index in [4.69, 9.17) is 9.47 Å². The lowest BCUT2D eigenvalue weighted by molar-refractivity contribution is -0.116. The van der Waals surface area contributed by atoms with Crippen molar-refractivity contribution in [1.82, 2.24) is 0 Å². The summed E-state index contributed by atoms with van der Waals surface area (Å²) in [6, 6.07) is 14.3. The second kappa shape index (κ2) is 11.3. The van der Waals surface area contributed by atoms with Crippen LogP contribution < -0.4 is 23.8 Å². The Morgan fingerprint density at radius 3 is 2.08 bits per heavy atom. The van der Waals surface area contributed by atoms with E-state index in [0.717, 1.165) is 21.7 Å². The van der Waals surface area contributed by atoms with E-state index in [0.29, 0.717) is 22.9 Å². The standard InChI is InChI=1S/C26H31N3O7S2/c1-17-7-10-21(15-18(17)2)29(37(6,31)32)19(3)26(30)27-20-8-12-23(13-9-20)38(33,34)28-24-16-22(35-4)11-14-25(24)36-5/h7-16,19,28H,1-6H3,(H,27,30)/t19-/m1/s1. The number of carbonyl (C=O) groups excluding carboxylic acids is 1. The van der Waals surface area contributed by atoms with Crippen molar-refractivity contribution in [2.75, 3.05) is 34.8 Å². The van der Waals surface area contributed by atoms with Gasteiger partial charge in [-0.2, -0.15) is 0 Å². The molecule has 3 aromatic carbocycles. The van der Waals surface area contributed by atoms with Crippen LogP contribution in [0.2, 0.25) is 0 Å². The SMILES string of the molecule is COc1ccc(OC)c(NS(=O)(=O)c2ccc(NC(=O)[C@@H](C)N(c3ccc(C)c(C)c3)S(C)(=O)=O)cc2)c1. The monoisotopic (exact) mass is 561 g/mol. The van der Waals surface area contributed by atoms with Crippen LogP contribution in [0.15, 0.2) is 65.6 Å². The van der Waals surface area contributed by atoms with E-state index >= 15 is 0 Å². The first-order valence-electron chi connectivity index (χ1n) is 11.5. The van der Waals surface area contributed by atoms with Gasteiger partial charge in [0.15, 0.2) is 0 Å². The Kier molecular flexibility index (Phi) is 8.58. The van der Waals surface area contributed by atoms with Crippen LogP contribution in [0.25, 0.3) is 0 Å². The largest absolute Gasteiger partial charge is 0.497 e. The Hall–Kier alpha value is -3.77. The minimum absolute atomic E-state index is 0.0543. The van der Waals surface area contributed by atoms with E-state index in [1.807, 2.05) is 13.8 Å². The summed E-state index contributed by atoms with van der Waals surface area (Å²) in [5, 5.41) is 2.65. The lowest BCUT2D eigenvalue weighted by atomic mass is 10.1. The molecule has 3 rings (SSSR count). The lowest BCUT2D eigenvalue weighted by Gasteiger charge is -2.28. The zero-order chi connectivity index (χ0) is 28.3. The van der Waals surface area contributed by atoms with Gasteiger partial charge in [-0.25, -0.2) is 16.8 Å². The fourth-order valence-electron chi connectivity index (χ4n) is 3.73. The highest BCUT2D eigenvalue weighted by molar-refractivity contribution is 7.92. The van der Waals surface area contributed by atoms with Gasteiger partial charge < -0.3 is 14.8 Å². The number of anilines is 3. The van der Waals surface area contributed by atoms with Gasteiger partial charge in [0, 0.05) is 11.8 Å². The molecular formula is C26H31N3O7S2. The maximum atomic E-state index is 13.0. The first-order chi connectivity index (χ1) is 17.8. The molecule has 0 aliphatic carbocycles. The van der Waals surface area contributed by atoms with E-state index in [1.165, 1.54) is 51.5 Å². The molecule has 0 aliphatic heterocycles. The molecule has 0 bridgehead atoms. The molecule has 0 radical (unpaired) electrons. The predicted octanol–water partition coefficient (Wildman–Crippen LogP) is 3.91. The predicted molar refractivity (Wildman–Crippen MR) is 148 cm³/mol. The Labute approximate surface area is 223 Å². The number of amides is 1.